The van der Waals surface area contributed by atoms with E-state index in [1.165, 1.54) is 0 Å². The van der Waals surface area contributed by atoms with Crippen LogP contribution in [-0.4, -0.2) is 17.0 Å². The van der Waals surface area contributed by atoms with Crippen LogP contribution < -0.4 is 5.32 Å². The van der Waals surface area contributed by atoms with Gasteiger partial charge in [0.25, 0.3) is 0 Å². The predicted octanol–water partition coefficient (Wildman–Crippen LogP) is 3.69. The summed E-state index contributed by atoms with van der Waals surface area (Å²) < 4.78 is 6.55. The van der Waals surface area contributed by atoms with Crippen molar-refractivity contribution in [1.82, 2.24) is 9.97 Å². The molecule has 3 aromatic rings. The van der Waals surface area contributed by atoms with Crippen molar-refractivity contribution in [2.75, 3.05) is 12.4 Å². The number of aromatic nitrogens is 2. The van der Waals surface area contributed by atoms with Gasteiger partial charge in [0.2, 0.25) is 0 Å². The topological polar surface area (TPSA) is 51.0 Å². The van der Waals surface area contributed by atoms with Crippen LogP contribution in [0.5, 0.6) is 0 Å². The van der Waals surface area contributed by atoms with Crippen molar-refractivity contribution in [3.63, 3.8) is 0 Å². The van der Waals surface area contributed by atoms with Crippen LogP contribution in [0.2, 0.25) is 0 Å². The van der Waals surface area contributed by atoms with Gasteiger partial charge in [0.15, 0.2) is 11.6 Å². The van der Waals surface area contributed by atoms with Crippen molar-refractivity contribution in [3.8, 4) is 11.6 Å². The van der Waals surface area contributed by atoms with Gasteiger partial charge < -0.3 is 9.73 Å². The zero-order chi connectivity index (χ0) is 12.5. The largest absolute Gasteiger partial charge is 0.453 e. The average molecular weight is 304 g/mol. The Kier molecular flexibility index (Phi) is 2.76. The van der Waals surface area contributed by atoms with Crippen LogP contribution in [0.4, 0.5) is 5.82 Å². The number of para-hydroxylation sites is 1. The van der Waals surface area contributed by atoms with Crippen molar-refractivity contribution >= 4 is 32.7 Å². The summed E-state index contributed by atoms with van der Waals surface area (Å²) in [6, 6.07) is 9.79. The number of halogens is 1. The zero-order valence-corrected chi connectivity index (χ0v) is 11.2. The van der Waals surface area contributed by atoms with E-state index in [4.69, 9.17) is 4.42 Å². The van der Waals surface area contributed by atoms with E-state index in [9.17, 15) is 0 Å². The second-order valence-corrected chi connectivity index (χ2v) is 4.64. The summed E-state index contributed by atoms with van der Waals surface area (Å²) in [5.41, 5.74) is 0.838. The van der Waals surface area contributed by atoms with E-state index in [-0.39, 0.29) is 0 Å². The lowest BCUT2D eigenvalue weighted by Gasteiger charge is -2.02. The third kappa shape index (κ3) is 1.86. The van der Waals surface area contributed by atoms with Gasteiger partial charge in [0.1, 0.15) is 11.4 Å². The Balaban J connectivity index is 2.13. The standard InChI is InChI=1S/C13H10BrN3O/c1-15-12-9(14)7-16-13(17-12)11-6-8-4-2-3-5-10(8)18-11/h2-7H,1H3,(H,15,16,17). The summed E-state index contributed by atoms with van der Waals surface area (Å²) in [5.74, 6) is 1.97. The highest BCUT2D eigenvalue weighted by Gasteiger charge is 2.10. The number of nitrogens with zero attached hydrogens (tertiary/aromatic N) is 2. The normalized spacial score (nSPS) is 10.8. The highest BCUT2D eigenvalue weighted by Crippen LogP contribution is 2.27. The third-order valence-corrected chi connectivity index (χ3v) is 3.21. The van der Waals surface area contributed by atoms with Gasteiger partial charge in [0.05, 0.1) is 4.47 Å². The molecule has 18 heavy (non-hydrogen) atoms. The number of nitrogens with one attached hydrogen (secondary N) is 1. The molecule has 0 aliphatic heterocycles. The predicted molar refractivity (Wildman–Crippen MR) is 74.5 cm³/mol. The van der Waals surface area contributed by atoms with Crippen molar-refractivity contribution in [1.29, 1.82) is 0 Å². The van der Waals surface area contributed by atoms with E-state index < -0.39 is 0 Å². The molecule has 5 heteroatoms. The van der Waals surface area contributed by atoms with Gasteiger partial charge in [-0.25, -0.2) is 9.97 Å². The third-order valence-electron chi connectivity index (χ3n) is 2.63. The van der Waals surface area contributed by atoms with Crippen LogP contribution in [-0.2, 0) is 0 Å². The molecule has 2 heterocycles. The summed E-state index contributed by atoms with van der Waals surface area (Å²) in [6.07, 6.45) is 1.71. The number of hydrogen-bond acceptors (Lipinski definition) is 4. The minimum absolute atomic E-state index is 0.568. The molecule has 90 valence electrons. The number of fused-ring (bicyclic) bond motifs is 1. The summed E-state index contributed by atoms with van der Waals surface area (Å²) >= 11 is 3.38. The van der Waals surface area contributed by atoms with Crippen molar-refractivity contribution in [2.24, 2.45) is 0 Å². The highest BCUT2D eigenvalue weighted by atomic mass is 79.9. The van der Waals surface area contributed by atoms with Crippen LogP contribution >= 0.6 is 15.9 Å². The summed E-state index contributed by atoms with van der Waals surface area (Å²) in [6.45, 7) is 0. The Bertz CT molecular complexity index is 675. The van der Waals surface area contributed by atoms with Crippen molar-refractivity contribution in [2.45, 2.75) is 0 Å². The summed E-state index contributed by atoms with van der Waals surface area (Å²) in [5, 5.41) is 4.05. The van der Waals surface area contributed by atoms with Crippen molar-refractivity contribution < 1.29 is 4.42 Å². The molecule has 0 amide bonds. The number of benzene rings is 1. The fourth-order valence-electron chi connectivity index (χ4n) is 1.75. The molecule has 4 nitrogen and oxygen atoms in total. The molecular formula is C13H10BrN3O. The molecule has 1 N–H and O–H groups in total. The first-order chi connectivity index (χ1) is 8.78. The number of anilines is 1. The second-order valence-electron chi connectivity index (χ2n) is 3.79. The lowest BCUT2D eigenvalue weighted by Crippen LogP contribution is -1.96. The van der Waals surface area contributed by atoms with Crippen LogP contribution in [0.1, 0.15) is 0 Å². The van der Waals surface area contributed by atoms with E-state index in [0.717, 1.165) is 21.3 Å². The average Bonchev–Trinajstić information content (AvgIpc) is 2.83. The molecule has 3 rings (SSSR count). The fraction of sp³-hybridized carbons (Fsp3) is 0.0769. The maximum atomic E-state index is 5.73. The first-order valence-electron chi connectivity index (χ1n) is 5.47. The molecular weight excluding hydrogens is 294 g/mol. The van der Waals surface area contributed by atoms with Crippen LogP contribution in [0.25, 0.3) is 22.6 Å². The second kappa shape index (κ2) is 4.42. The lowest BCUT2D eigenvalue weighted by atomic mass is 10.2. The maximum Gasteiger partial charge on any atom is 0.197 e. The smallest absolute Gasteiger partial charge is 0.197 e. The first kappa shape index (κ1) is 11.2. The van der Waals surface area contributed by atoms with E-state index in [2.05, 4.69) is 31.2 Å². The van der Waals surface area contributed by atoms with Gasteiger partial charge in [0, 0.05) is 18.6 Å². The van der Waals surface area contributed by atoms with Crippen molar-refractivity contribution in [3.05, 3.63) is 41.0 Å². The first-order valence-corrected chi connectivity index (χ1v) is 6.26. The van der Waals surface area contributed by atoms with Gasteiger partial charge in [-0.2, -0.15) is 0 Å². The van der Waals surface area contributed by atoms with Gasteiger partial charge in [-0.1, -0.05) is 18.2 Å². The molecule has 0 radical (unpaired) electrons. The Hall–Kier alpha value is -1.88. The molecule has 0 aliphatic rings. The SMILES string of the molecule is CNc1nc(-c2cc3ccccc3o2)ncc1Br. The molecule has 0 saturated heterocycles. The number of furan rings is 1. The van der Waals surface area contributed by atoms with Crippen LogP contribution in [0.15, 0.2) is 45.4 Å². The monoisotopic (exact) mass is 303 g/mol. The molecule has 0 aliphatic carbocycles. The highest BCUT2D eigenvalue weighted by molar-refractivity contribution is 9.10. The van der Waals surface area contributed by atoms with Gasteiger partial charge in [-0.3, -0.25) is 0 Å². The molecule has 1 aromatic carbocycles. The molecule has 0 unspecified atom stereocenters. The molecule has 0 spiro atoms. The van der Waals surface area contributed by atoms with E-state index >= 15 is 0 Å². The maximum absolute atomic E-state index is 5.73. The lowest BCUT2D eigenvalue weighted by molar-refractivity contribution is 0.625. The zero-order valence-electron chi connectivity index (χ0n) is 9.64. The van der Waals surface area contributed by atoms with E-state index in [0.29, 0.717) is 11.6 Å². The molecule has 0 saturated carbocycles. The van der Waals surface area contributed by atoms with E-state index in [1.54, 1.807) is 6.20 Å². The van der Waals surface area contributed by atoms with E-state index in [1.807, 2.05) is 37.4 Å². The fourth-order valence-corrected chi connectivity index (χ4v) is 2.14. The molecule has 2 aromatic heterocycles. The van der Waals surface area contributed by atoms with Gasteiger partial charge in [-0.05, 0) is 28.1 Å². The Morgan fingerprint density at radius 3 is 2.89 bits per heavy atom. The number of hydrogen-bond donors (Lipinski definition) is 1. The Labute approximate surface area is 112 Å². The molecule has 0 bridgehead atoms. The molecule has 0 fully saturated rings. The van der Waals surface area contributed by atoms with Gasteiger partial charge in [-0.15, -0.1) is 0 Å². The number of rotatable bonds is 2. The van der Waals surface area contributed by atoms with Crippen LogP contribution in [0.3, 0.4) is 0 Å². The van der Waals surface area contributed by atoms with Gasteiger partial charge >= 0.3 is 0 Å². The Morgan fingerprint density at radius 1 is 1.28 bits per heavy atom. The minimum atomic E-state index is 0.568. The molecule has 0 atom stereocenters. The summed E-state index contributed by atoms with van der Waals surface area (Å²) in [7, 11) is 1.81. The minimum Gasteiger partial charge on any atom is -0.453 e. The van der Waals surface area contributed by atoms with Crippen LogP contribution in [0, 0.1) is 0 Å². The quantitative estimate of drug-likeness (QED) is 0.784. The Morgan fingerprint density at radius 2 is 2.11 bits per heavy atom. The summed E-state index contributed by atoms with van der Waals surface area (Å²) in [4.78, 5) is 8.65.